The molecule has 172 valence electrons. The van der Waals surface area contributed by atoms with Crippen molar-refractivity contribution < 1.29 is 9.59 Å². The van der Waals surface area contributed by atoms with Gasteiger partial charge in [0.2, 0.25) is 5.91 Å². The number of piperazine rings is 1. The lowest BCUT2D eigenvalue weighted by Gasteiger charge is -2.35. The summed E-state index contributed by atoms with van der Waals surface area (Å²) in [5.41, 5.74) is 4.72. The molecule has 3 aromatic rings. The Morgan fingerprint density at radius 3 is 2.36 bits per heavy atom. The van der Waals surface area contributed by atoms with Crippen molar-refractivity contribution >= 4 is 17.5 Å². The number of aromatic nitrogens is 4. The molecule has 3 heterocycles. The molecule has 1 aromatic carbocycles. The molecule has 0 radical (unpaired) electrons. The number of carbonyl (C=O) groups excluding carboxylic acids is 2. The van der Waals surface area contributed by atoms with Gasteiger partial charge in [-0.1, -0.05) is 24.3 Å². The van der Waals surface area contributed by atoms with E-state index in [1.165, 1.54) is 18.2 Å². The highest BCUT2D eigenvalue weighted by atomic mass is 16.2. The molecule has 0 unspecified atom stereocenters. The first-order chi connectivity index (χ1) is 15.9. The first kappa shape index (κ1) is 22.6. The van der Waals surface area contributed by atoms with Gasteiger partial charge >= 0.3 is 0 Å². The molecule has 1 fully saturated rings. The molecule has 33 heavy (non-hydrogen) atoms. The van der Waals surface area contributed by atoms with Gasteiger partial charge in [0.05, 0.1) is 12.7 Å². The molecular weight excluding hydrogens is 418 g/mol. The number of anilines is 1. The molecule has 0 atom stereocenters. The average Bonchev–Trinajstić information content (AvgIpc) is 3.15. The second kappa shape index (κ2) is 9.91. The second-order valence-electron chi connectivity index (χ2n) is 8.28. The smallest absolute Gasteiger partial charge is 0.217 e. The second-order valence-corrected chi connectivity index (χ2v) is 8.28. The van der Waals surface area contributed by atoms with E-state index >= 15 is 0 Å². The number of ketones is 1. The fraction of sp³-hybridized carbons (Fsp3) is 0.375. The van der Waals surface area contributed by atoms with Crippen LogP contribution in [-0.4, -0.2) is 69.1 Å². The Labute approximate surface area is 193 Å². The van der Waals surface area contributed by atoms with Crippen molar-refractivity contribution in [3.8, 4) is 11.3 Å². The van der Waals surface area contributed by atoms with Gasteiger partial charge in [-0.05, 0) is 6.92 Å². The summed E-state index contributed by atoms with van der Waals surface area (Å²) >= 11 is 0. The largest absolute Gasteiger partial charge is 0.352 e. The van der Waals surface area contributed by atoms with E-state index in [0.717, 1.165) is 49.8 Å². The molecule has 0 bridgehead atoms. The molecular formula is C24H29N7O2. The molecule has 4 rings (SSSR count). The van der Waals surface area contributed by atoms with E-state index in [9.17, 15) is 9.59 Å². The van der Waals surface area contributed by atoms with Crippen LogP contribution in [0.4, 0.5) is 5.82 Å². The van der Waals surface area contributed by atoms with Gasteiger partial charge in [0.15, 0.2) is 11.6 Å². The van der Waals surface area contributed by atoms with Gasteiger partial charge in [-0.15, -0.1) is 0 Å². The summed E-state index contributed by atoms with van der Waals surface area (Å²) in [7, 11) is 1.97. The standard InChI is InChI=1S/C24H29N7O2/c1-17-21(14-28-29(17)3)16-30-10-12-31(13-11-30)24-23(25-8-9-26-24)20-6-4-19(5-7-20)22(33)15-27-18(2)32/h4-9,14H,10-13,15-16H2,1-3H3,(H,27,32). The lowest BCUT2D eigenvalue weighted by Crippen LogP contribution is -2.46. The Bertz CT molecular complexity index is 1130. The van der Waals surface area contributed by atoms with Crippen LogP contribution in [0.1, 0.15) is 28.5 Å². The fourth-order valence-corrected chi connectivity index (χ4v) is 3.94. The van der Waals surface area contributed by atoms with E-state index in [1.54, 1.807) is 24.5 Å². The van der Waals surface area contributed by atoms with E-state index in [4.69, 9.17) is 0 Å². The molecule has 9 nitrogen and oxygen atoms in total. The molecule has 1 N–H and O–H groups in total. The molecule has 1 saturated heterocycles. The normalized spacial score (nSPS) is 14.3. The number of benzene rings is 1. The van der Waals surface area contributed by atoms with Crippen LogP contribution in [0.25, 0.3) is 11.3 Å². The quantitative estimate of drug-likeness (QED) is 0.552. The van der Waals surface area contributed by atoms with Gasteiger partial charge in [-0.3, -0.25) is 24.2 Å². The highest BCUT2D eigenvalue weighted by molar-refractivity contribution is 5.99. The average molecular weight is 448 g/mol. The number of hydrogen-bond acceptors (Lipinski definition) is 7. The maximum absolute atomic E-state index is 12.2. The highest BCUT2D eigenvalue weighted by Crippen LogP contribution is 2.28. The van der Waals surface area contributed by atoms with Gasteiger partial charge in [-0.2, -0.15) is 5.10 Å². The van der Waals surface area contributed by atoms with Crippen molar-refractivity contribution in [1.82, 2.24) is 30.0 Å². The van der Waals surface area contributed by atoms with Crippen molar-refractivity contribution in [2.45, 2.75) is 20.4 Å². The molecule has 1 aliphatic heterocycles. The van der Waals surface area contributed by atoms with Crippen molar-refractivity contribution in [1.29, 1.82) is 0 Å². The van der Waals surface area contributed by atoms with Crippen LogP contribution >= 0.6 is 0 Å². The Balaban J connectivity index is 1.43. The molecule has 9 heteroatoms. The first-order valence-corrected chi connectivity index (χ1v) is 11.1. The summed E-state index contributed by atoms with van der Waals surface area (Å²) in [6.45, 7) is 7.97. The zero-order chi connectivity index (χ0) is 23.4. The highest BCUT2D eigenvalue weighted by Gasteiger charge is 2.22. The third-order valence-corrected chi connectivity index (χ3v) is 6.06. The van der Waals surface area contributed by atoms with Gasteiger partial charge in [0, 0.05) is 81.5 Å². The molecule has 0 aliphatic carbocycles. The molecule has 2 aromatic heterocycles. The summed E-state index contributed by atoms with van der Waals surface area (Å²) < 4.78 is 1.91. The third-order valence-electron chi connectivity index (χ3n) is 6.06. The lowest BCUT2D eigenvalue weighted by atomic mass is 10.1. The predicted octanol–water partition coefficient (Wildman–Crippen LogP) is 1.83. The van der Waals surface area contributed by atoms with Crippen molar-refractivity contribution in [3.05, 3.63) is 59.7 Å². The number of nitrogens with one attached hydrogen (secondary N) is 1. The number of hydrogen-bond donors (Lipinski definition) is 1. The van der Waals surface area contributed by atoms with Crippen LogP contribution in [0.5, 0.6) is 0 Å². The van der Waals surface area contributed by atoms with Crippen molar-refractivity contribution in [2.75, 3.05) is 37.6 Å². The molecule has 0 spiro atoms. The Kier molecular flexibility index (Phi) is 6.79. The zero-order valence-corrected chi connectivity index (χ0v) is 19.3. The SMILES string of the molecule is CC(=O)NCC(=O)c1ccc(-c2nccnc2N2CCN(Cc3cnn(C)c3C)CC2)cc1. The number of aryl methyl sites for hydroxylation is 1. The maximum atomic E-state index is 12.2. The molecule has 0 saturated carbocycles. The summed E-state index contributed by atoms with van der Waals surface area (Å²) in [5.74, 6) is 0.503. The lowest BCUT2D eigenvalue weighted by molar-refractivity contribution is -0.118. The van der Waals surface area contributed by atoms with Crippen LogP contribution in [0.3, 0.4) is 0 Å². The number of nitrogens with zero attached hydrogens (tertiary/aromatic N) is 6. The Morgan fingerprint density at radius 2 is 1.73 bits per heavy atom. The number of Topliss-reactive ketones (excluding diaryl/α,β-unsaturated/α-hetero) is 1. The van der Waals surface area contributed by atoms with Gasteiger partial charge < -0.3 is 10.2 Å². The topological polar surface area (TPSA) is 96.2 Å². The van der Waals surface area contributed by atoms with Crippen LogP contribution in [0.2, 0.25) is 0 Å². The van der Waals surface area contributed by atoms with Crippen LogP contribution < -0.4 is 10.2 Å². The first-order valence-electron chi connectivity index (χ1n) is 11.1. The minimum Gasteiger partial charge on any atom is -0.352 e. The van der Waals surface area contributed by atoms with Gasteiger partial charge in [0.1, 0.15) is 5.69 Å². The van der Waals surface area contributed by atoms with Crippen LogP contribution in [0, 0.1) is 6.92 Å². The number of rotatable bonds is 7. The Morgan fingerprint density at radius 1 is 1.03 bits per heavy atom. The summed E-state index contributed by atoms with van der Waals surface area (Å²) in [6.07, 6.45) is 5.36. The Hall–Kier alpha value is -3.59. The van der Waals surface area contributed by atoms with Gasteiger partial charge in [0.25, 0.3) is 0 Å². The van der Waals surface area contributed by atoms with Crippen molar-refractivity contribution in [3.63, 3.8) is 0 Å². The minimum absolute atomic E-state index is 0.00603. The van der Waals surface area contributed by atoms with E-state index in [2.05, 4.69) is 37.1 Å². The summed E-state index contributed by atoms with van der Waals surface area (Å²) in [4.78, 5) is 37.2. The van der Waals surface area contributed by atoms with Crippen LogP contribution in [0.15, 0.2) is 42.9 Å². The van der Waals surface area contributed by atoms with Crippen LogP contribution in [-0.2, 0) is 18.4 Å². The predicted molar refractivity (Wildman–Crippen MR) is 126 cm³/mol. The minimum atomic E-state index is -0.222. The summed E-state index contributed by atoms with van der Waals surface area (Å²) in [5, 5.41) is 6.89. The van der Waals surface area contributed by atoms with E-state index in [1.807, 2.05) is 30.1 Å². The van der Waals surface area contributed by atoms with E-state index < -0.39 is 0 Å². The molecule has 1 aliphatic rings. The third kappa shape index (κ3) is 5.25. The van der Waals surface area contributed by atoms with E-state index in [0.29, 0.717) is 5.56 Å². The number of amides is 1. The van der Waals surface area contributed by atoms with Crippen molar-refractivity contribution in [2.24, 2.45) is 7.05 Å². The van der Waals surface area contributed by atoms with E-state index in [-0.39, 0.29) is 18.2 Å². The fourth-order valence-electron chi connectivity index (χ4n) is 3.94. The summed E-state index contributed by atoms with van der Waals surface area (Å²) in [6, 6.07) is 7.31. The van der Waals surface area contributed by atoms with Gasteiger partial charge in [-0.25, -0.2) is 4.98 Å². The zero-order valence-electron chi connectivity index (χ0n) is 19.3. The maximum Gasteiger partial charge on any atom is 0.217 e. The number of carbonyl (C=O) groups is 2. The monoisotopic (exact) mass is 447 g/mol. The molecule has 1 amide bonds.